The predicted molar refractivity (Wildman–Crippen MR) is 133 cm³/mol. The third-order valence-electron chi connectivity index (χ3n) is 5.83. The lowest BCUT2D eigenvalue weighted by Gasteiger charge is -2.26. The summed E-state index contributed by atoms with van der Waals surface area (Å²) in [6.45, 7) is 6.73. The van der Waals surface area contributed by atoms with E-state index in [2.05, 4.69) is 4.98 Å². The molecule has 0 aliphatic carbocycles. The molecule has 1 N–H and O–H groups in total. The van der Waals surface area contributed by atoms with Gasteiger partial charge >= 0.3 is 0 Å². The van der Waals surface area contributed by atoms with Crippen LogP contribution >= 0.6 is 11.3 Å². The minimum Gasteiger partial charge on any atom is -0.503 e. The maximum atomic E-state index is 13.8. The minimum absolute atomic E-state index is 0.108. The quantitative estimate of drug-likeness (QED) is 0.389. The van der Waals surface area contributed by atoms with Crippen LogP contribution in [0.2, 0.25) is 0 Å². The number of ketones is 1. The van der Waals surface area contributed by atoms with Gasteiger partial charge in [-0.3, -0.25) is 9.59 Å². The first-order valence-electron chi connectivity index (χ1n) is 11.5. The molecule has 1 amide bonds. The van der Waals surface area contributed by atoms with E-state index in [1.807, 2.05) is 68.4 Å². The Bertz CT molecular complexity index is 1220. The summed E-state index contributed by atoms with van der Waals surface area (Å²) >= 11 is 1.28. The van der Waals surface area contributed by atoms with Crippen molar-refractivity contribution >= 4 is 23.0 Å². The van der Waals surface area contributed by atoms with Gasteiger partial charge in [0.15, 0.2) is 5.76 Å². The van der Waals surface area contributed by atoms with Crippen molar-refractivity contribution in [2.24, 2.45) is 0 Å². The van der Waals surface area contributed by atoms with E-state index in [9.17, 15) is 14.7 Å². The Morgan fingerprint density at radius 2 is 1.82 bits per heavy atom. The maximum Gasteiger partial charge on any atom is 0.290 e. The first-order chi connectivity index (χ1) is 16.5. The zero-order chi connectivity index (χ0) is 24.2. The molecule has 0 saturated heterocycles. The van der Waals surface area contributed by atoms with Gasteiger partial charge in [0.05, 0.1) is 28.8 Å². The number of nitrogens with zero attached hydrogens (tertiary/aromatic N) is 2. The first-order valence-corrected chi connectivity index (χ1v) is 12.3. The first kappa shape index (κ1) is 23.7. The van der Waals surface area contributed by atoms with Crippen LogP contribution in [0.5, 0.6) is 5.75 Å². The van der Waals surface area contributed by atoms with Gasteiger partial charge in [-0.05, 0) is 38.0 Å². The van der Waals surface area contributed by atoms with Crippen molar-refractivity contribution in [2.75, 3.05) is 13.2 Å². The van der Waals surface area contributed by atoms with Gasteiger partial charge in [-0.15, -0.1) is 11.3 Å². The fourth-order valence-corrected chi connectivity index (χ4v) is 5.16. The summed E-state index contributed by atoms with van der Waals surface area (Å²) in [6.07, 6.45) is 1.66. The van der Waals surface area contributed by atoms with Crippen LogP contribution in [-0.2, 0) is 4.79 Å². The second-order valence-electron chi connectivity index (χ2n) is 8.15. The van der Waals surface area contributed by atoms with Crippen molar-refractivity contribution in [3.05, 3.63) is 82.1 Å². The van der Waals surface area contributed by atoms with Crippen LogP contribution in [0.1, 0.15) is 53.7 Å². The molecule has 1 atom stereocenters. The smallest absolute Gasteiger partial charge is 0.290 e. The van der Waals surface area contributed by atoms with Crippen LogP contribution in [0.15, 0.2) is 65.9 Å². The highest BCUT2D eigenvalue weighted by atomic mass is 32.1. The topological polar surface area (TPSA) is 79.7 Å². The van der Waals surface area contributed by atoms with Gasteiger partial charge in [0.1, 0.15) is 10.8 Å². The number of unbranched alkanes of at least 4 members (excludes halogenated alkanes) is 1. The Morgan fingerprint density at radius 3 is 2.47 bits per heavy atom. The van der Waals surface area contributed by atoms with E-state index in [1.165, 1.54) is 11.3 Å². The molecular weight excluding hydrogens is 448 g/mol. The highest BCUT2D eigenvalue weighted by Gasteiger charge is 2.44. The van der Waals surface area contributed by atoms with Crippen molar-refractivity contribution in [3.8, 4) is 16.3 Å². The SMILES string of the molecule is CCCCN1C(=O)C(O)=C(C(=O)c2sc(-c3ccccc3)nc2C)C1c1ccc(OCC)cc1. The second kappa shape index (κ2) is 10.2. The molecule has 1 unspecified atom stereocenters. The number of Topliss-reactive ketones (excluding diaryl/α,β-unsaturated/α-hetero) is 1. The molecule has 0 saturated carbocycles. The summed E-state index contributed by atoms with van der Waals surface area (Å²) in [5, 5.41) is 11.6. The minimum atomic E-state index is -0.663. The maximum absolute atomic E-state index is 13.8. The number of amides is 1. The predicted octanol–water partition coefficient (Wildman–Crippen LogP) is 5.90. The van der Waals surface area contributed by atoms with E-state index in [0.29, 0.717) is 29.5 Å². The largest absolute Gasteiger partial charge is 0.503 e. The number of aryl methyl sites for hydroxylation is 1. The lowest BCUT2D eigenvalue weighted by molar-refractivity contribution is -0.129. The summed E-state index contributed by atoms with van der Waals surface area (Å²) in [4.78, 5) is 33.5. The Morgan fingerprint density at radius 1 is 1.12 bits per heavy atom. The molecule has 7 heteroatoms. The van der Waals surface area contributed by atoms with Crippen LogP contribution in [-0.4, -0.2) is 39.8 Å². The number of carbonyl (C=O) groups excluding carboxylic acids is 2. The molecule has 6 nitrogen and oxygen atoms in total. The van der Waals surface area contributed by atoms with E-state index < -0.39 is 17.7 Å². The normalized spacial score (nSPS) is 15.8. The molecule has 1 aromatic heterocycles. The lowest BCUT2D eigenvalue weighted by atomic mass is 9.95. The van der Waals surface area contributed by atoms with Crippen molar-refractivity contribution in [1.29, 1.82) is 0 Å². The van der Waals surface area contributed by atoms with Gasteiger partial charge in [0.2, 0.25) is 5.78 Å². The van der Waals surface area contributed by atoms with E-state index in [0.717, 1.165) is 29.0 Å². The van der Waals surface area contributed by atoms with Crippen LogP contribution in [0.25, 0.3) is 10.6 Å². The van der Waals surface area contributed by atoms with E-state index >= 15 is 0 Å². The van der Waals surface area contributed by atoms with Gasteiger partial charge in [-0.25, -0.2) is 4.98 Å². The third kappa shape index (κ3) is 4.48. The highest BCUT2D eigenvalue weighted by Crippen LogP contribution is 2.41. The average molecular weight is 477 g/mol. The Hall–Kier alpha value is -3.45. The zero-order valence-electron chi connectivity index (χ0n) is 19.6. The van der Waals surface area contributed by atoms with Crippen LogP contribution < -0.4 is 4.74 Å². The van der Waals surface area contributed by atoms with Crippen molar-refractivity contribution in [3.63, 3.8) is 0 Å². The molecule has 0 spiro atoms. The van der Waals surface area contributed by atoms with Crippen LogP contribution in [0, 0.1) is 6.92 Å². The van der Waals surface area contributed by atoms with Gasteiger partial charge < -0.3 is 14.7 Å². The van der Waals surface area contributed by atoms with Gasteiger partial charge in [0.25, 0.3) is 5.91 Å². The van der Waals surface area contributed by atoms with Gasteiger partial charge in [0, 0.05) is 12.1 Å². The summed E-state index contributed by atoms with van der Waals surface area (Å²) in [7, 11) is 0. The molecular formula is C27H28N2O4S. The zero-order valence-corrected chi connectivity index (χ0v) is 20.4. The summed E-state index contributed by atoms with van der Waals surface area (Å²) in [5.41, 5.74) is 2.37. The Balaban J connectivity index is 1.75. The van der Waals surface area contributed by atoms with Crippen LogP contribution in [0.3, 0.4) is 0 Å². The van der Waals surface area contributed by atoms with Crippen molar-refractivity contribution < 1.29 is 19.4 Å². The molecule has 0 bridgehead atoms. The molecule has 1 aliphatic heterocycles. The number of rotatable bonds is 9. The van der Waals surface area contributed by atoms with Gasteiger partial charge in [-0.1, -0.05) is 55.8 Å². The second-order valence-corrected chi connectivity index (χ2v) is 9.15. The number of hydrogen-bond acceptors (Lipinski definition) is 6. The molecule has 4 rings (SSSR count). The van der Waals surface area contributed by atoms with Crippen molar-refractivity contribution in [2.45, 2.75) is 39.7 Å². The highest BCUT2D eigenvalue weighted by molar-refractivity contribution is 7.17. The van der Waals surface area contributed by atoms with E-state index in [4.69, 9.17) is 4.74 Å². The van der Waals surface area contributed by atoms with Crippen molar-refractivity contribution in [1.82, 2.24) is 9.88 Å². The molecule has 176 valence electrons. The summed E-state index contributed by atoms with van der Waals surface area (Å²) in [6, 6.07) is 16.3. The van der Waals surface area contributed by atoms with Crippen LogP contribution in [0.4, 0.5) is 0 Å². The molecule has 0 radical (unpaired) electrons. The third-order valence-corrected chi connectivity index (χ3v) is 7.04. The fourth-order valence-electron chi connectivity index (χ4n) is 4.14. The summed E-state index contributed by atoms with van der Waals surface area (Å²) < 4.78 is 5.55. The van der Waals surface area contributed by atoms with Gasteiger partial charge in [-0.2, -0.15) is 0 Å². The standard InChI is InChI=1S/C27H28N2O4S/c1-4-6-16-29-22(18-12-14-20(15-13-18)33-5-2)21(24(31)27(29)32)23(30)25-17(3)28-26(34-25)19-10-8-7-9-11-19/h7-15,22,31H,4-6,16H2,1-3H3. The fraction of sp³-hybridized carbons (Fsp3) is 0.296. The molecule has 1 aliphatic rings. The average Bonchev–Trinajstić information content (AvgIpc) is 3.36. The Kier molecular flexibility index (Phi) is 7.12. The van der Waals surface area contributed by atoms with E-state index in [1.54, 1.807) is 11.8 Å². The lowest BCUT2D eigenvalue weighted by Crippen LogP contribution is -2.32. The molecule has 2 heterocycles. The summed E-state index contributed by atoms with van der Waals surface area (Å²) in [5.74, 6) is -0.640. The number of aliphatic hydroxyl groups is 1. The van der Waals surface area contributed by atoms with E-state index in [-0.39, 0.29) is 11.4 Å². The number of thiazole rings is 1. The number of benzene rings is 2. The number of aliphatic hydroxyl groups excluding tert-OH is 1. The molecule has 3 aromatic rings. The molecule has 0 fully saturated rings. The number of ether oxygens (including phenoxy) is 1. The molecule has 2 aromatic carbocycles. The monoisotopic (exact) mass is 476 g/mol. The number of hydrogen-bond donors (Lipinski definition) is 1. The number of aromatic nitrogens is 1. The number of carbonyl (C=O) groups is 2. The molecule has 34 heavy (non-hydrogen) atoms. The Labute approximate surface area is 203 Å².